The number of carbonyl (C=O) groups excluding carboxylic acids is 2. The SMILES string of the molecule is COc1cccc(/C=N/NC(=O)[C@H]2CC(=O)N(c3ccc(C)cc3)C2)c1O. The van der Waals surface area contributed by atoms with Gasteiger partial charge in [-0.3, -0.25) is 9.59 Å². The maximum absolute atomic E-state index is 12.3. The summed E-state index contributed by atoms with van der Waals surface area (Å²) in [7, 11) is 1.45. The van der Waals surface area contributed by atoms with Gasteiger partial charge in [0.05, 0.1) is 19.2 Å². The highest BCUT2D eigenvalue weighted by atomic mass is 16.5. The third kappa shape index (κ3) is 4.08. The van der Waals surface area contributed by atoms with Crippen LogP contribution in [-0.4, -0.2) is 36.8 Å². The average molecular weight is 367 g/mol. The molecule has 0 spiro atoms. The van der Waals surface area contributed by atoms with E-state index in [1.165, 1.54) is 13.3 Å². The predicted octanol–water partition coefficient (Wildman–Crippen LogP) is 2.21. The van der Waals surface area contributed by atoms with Crippen molar-refractivity contribution in [1.82, 2.24) is 5.43 Å². The standard InChI is InChI=1S/C20H21N3O4/c1-13-6-8-16(9-7-13)23-12-15(10-18(23)24)20(26)22-21-11-14-4-3-5-17(27-2)19(14)25/h3-9,11,15,25H,10,12H2,1-2H3,(H,22,26)/b21-11+/t15-/m0/s1. The van der Waals surface area contributed by atoms with Gasteiger partial charge >= 0.3 is 0 Å². The molecule has 2 N–H and O–H groups in total. The molecule has 0 aliphatic carbocycles. The second-order valence-corrected chi connectivity index (χ2v) is 6.37. The number of phenolic OH excluding ortho intramolecular Hbond substituents is 1. The van der Waals surface area contributed by atoms with Gasteiger partial charge in [0.1, 0.15) is 0 Å². The molecule has 3 rings (SSSR count). The maximum Gasteiger partial charge on any atom is 0.245 e. The molecular weight excluding hydrogens is 346 g/mol. The van der Waals surface area contributed by atoms with Crippen molar-refractivity contribution in [3.8, 4) is 11.5 Å². The molecule has 27 heavy (non-hydrogen) atoms. The Labute approximate surface area is 157 Å². The quantitative estimate of drug-likeness (QED) is 0.626. The van der Waals surface area contributed by atoms with Crippen molar-refractivity contribution in [3.05, 3.63) is 53.6 Å². The van der Waals surface area contributed by atoms with E-state index in [4.69, 9.17) is 4.74 Å². The average Bonchev–Trinajstić information content (AvgIpc) is 3.05. The summed E-state index contributed by atoms with van der Waals surface area (Å²) in [4.78, 5) is 26.2. The summed E-state index contributed by atoms with van der Waals surface area (Å²) in [6, 6.07) is 12.6. The molecular formula is C20H21N3O4. The fraction of sp³-hybridized carbons (Fsp3) is 0.250. The zero-order valence-corrected chi connectivity index (χ0v) is 15.2. The Morgan fingerprint density at radius 1 is 1.30 bits per heavy atom. The highest BCUT2D eigenvalue weighted by Crippen LogP contribution is 2.28. The minimum absolute atomic E-state index is 0.0559. The van der Waals surface area contributed by atoms with Crippen molar-refractivity contribution in [2.45, 2.75) is 13.3 Å². The number of hydrogen-bond acceptors (Lipinski definition) is 5. The molecule has 0 unspecified atom stereocenters. The van der Waals surface area contributed by atoms with E-state index in [1.807, 2.05) is 31.2 Å². The number of hydrazone groups is 1. The van der Waals surface area contributed by atoms with Gasteiger partial charge in [0.25, 0.3) is 0 Å². The zero-order valence-electron chi connectivity index (χ0n) is 15.2. The fourth-order valence-electron chi connectivity index (χ4n) is 2.92. The second-order valence-electron chi connectivity index (χ2n) is 6.37. The van der Waals surface area contributed by atoms with E-state index in [0.29, 0.717) is 17.9 Å². The highest BCUT2D eigenvalue weighted by molar-refractivity contribution is 6.00. The molecule has 2 aromatic rings. The topological polar surface area (TPSA) is 91.2 Å². The lowest BCUT2D eigenvalue weighted by molar-refractivity contribution is -0.126. The third-order valence-electron chi connectivity index (χ3n) is 4.47. The molecule has 1 fully saturated rings. The smallest absolute Gasteiger partial charge is 0.245 e. The Morgan fingerprint density at radius 3 is 2.74 bits per heavy atom. The van der Waals surface area contributed by atoms with Crippen LogP contribution in [0.3, 0.4) is 0 Å². The van der Waals surface area contributed by atoms with Crippen LogP contribution in [0.15, 0.2) is 47.6 Å². The summed E-state index contributed by atoms with van der Waals surface area (Å²) in [5.74, 6) is -0.639. The van der Waals surface area contributed by atoms with E-state index in [9.17, 15) is 14.7 Å². The summed E-state index contributed by atoms with van der Waals surface area (Å²) in [5, 5.41) is 13.9. The monoisotopic (exact) mass is 367 g/mol. The lowest BCUT2D eigenvalue weighted by atomic mass is 10.1. The molecule has 2 amide bonds. The molecule has 7 nitrogen and oxygen atoms in total. The minimum atomic E-state index is -0.477. The van der Waals surface area contributed by atoms with Crippen molar-refractivity contribution in [2.24, 2.45) is 11.0 Å². The third-order valence-corrected chi connectivity index (χ3v) is 4.47. The summed E-state index contributed by atoms with van der Waals surface area (Å²) in [6.45, 7) is 2.29. The first-order chi connectivity index (χ1) is 13.0. The van der Waals surface area contributed by atoms with Crippen LogP contribution in [0.5, 0.6) is 11.5 Å². The number of ether oxygens (including phenoxy) is 1. The first-order valence-corrected chi connectivity index (χ1v) is 8.55. The number of methoxy groups -OCH3 is 1. The first-order valence-electron chi connectivity index (χ1n) is 8.55. The fourth-order valence-corrected chi connectivity index (χ4v) is 2.92. The van der Waals surface area contributed by atoms with Crippen LogP contribution in [-0.2, 0) is 9.59 Å². The molecule has 1 aliphatic heterocycles. The van der Waals surface area contributed by atoms with Gasteiger partial charge in [-0.2, -0.15) is 5.10 Å². The highest BCUT2D eigenvalue weighted by Gasteiger charge is 2.35. The Hall–Kier alpha value is -3.35. The van der Waals surface area contributed by atoms with Crippen LogP contribution in [0.25, 0.3) is 0 Å². The minimum Gasteiger partial charge on any atom is -0.504 e. The van der Waals surface area contributed by atoms with Gasteiger partial charge in [-0.15, -0.1) is 0 Å². The Bertz CT molecular complexity index is 877. The number of para-hydroxylation sites is 1. The number of phenols is 1. The molecule has 140 valence electrons. The van der Waals surface area contributed by atoms with Crippen molar-refractivity contribution < 1.29 is 19.4 Å². The molecule has 1 aliphatic rings. The summed E-state index contributed by atoms with van der Waals surface area (Å²) < 4.78 is 5.03. The lowest BCUT2D eigenvalue weighted by Gasteiger charge is -2.16. The number of aryl methyl sites for hydroxylation is 1. The Balaban J connectivity index is 1.62. The molecule has 2 aromatic carbocycles. The number of hydrogen-bond donors (Lipinski definition) is 2. The first kappa shape index (κ1) is 18.4. The van der Waals surface area contributed by atoms with Crippen molar-refractivity contribution >= 4 is 23.7 Å². The predicted molar refractivity (Wildman–Crippen MR) is 102 cm³/mol. The molecule has 0 saturated carbocycles. The number of benzene rings is 2. The van der Waals surface area contributed by atoms with E-state index >= 15 is 0 Å². The van der Waals surface area contributed by atoms with Crippen LogP contribution in [0.1, 0.15) is 17.5 Å². The normalized spacial score (nSPS) is 16.7. The van der Waals surface area contributed by atoms with Gasteiger partial charge in [-0.25, -0.2) is 5.43 Å². The number of amides is 2. The summed E-state index contributed by atoms with van der Waals surface area (Å²) in [5.41, 5.74) is 4.74. The van der Waals surface area contributed by atoms with Crippen LogP contribution in [0, 0.1) is 12.8 Å². The Kier molecular flexibility index (Phi) is 5.40. The summed E-state index contributed by atoms with van der Waals surface area (Å²) >= 11 is 0. The van der Waals surface area contributed by atoms with Crippen molar-refractivity contribution in [1.29, 1.82) is 0 Å². The molecule has 7 heteroatoms. The lowest BCUT2D eigenvalue weighted by Crippen LogP contribution is -2.30. The molecule has 1 saturated heterocycles. The number of nitrogens with one attached hydrogen (secondary N) is 1. The van der Waals surface area contributed by atoms with Gasteiger partial charge in [-0.1, -0.05) is 23.8 Å². The van der Waals surface area contributed by atoms with E-state index < -0.39 is 5.92 Å². The number of carbonyl (C=O) groups is 2. The van der Waals surface area contributed by atoms with E-state index in [1.54, 1.807) is 23.1 Å². The number of nitrogens with zero attached hydrogens (tertiary/aromatic N) is 2. The number of rotatable bonds is 5. The molecule has 1 heterocycles. The number of anilines is 1. The van der Waals surface area contributed by atoms with Crippen LogP contribution in [0.2, 0.25) is 0 Å². The van der Waals surface area contributed by atoms with E-state index in [-0.39, 0.29) is 24.0 Å². The van der Waals surface area contributed by atoms with E-state index in [2.05, 4.69) is 10.5 Å². The Morgan fingerprint density at radius 2 is 2.04 bits per heavy atom. The zero-order chi connectivity index (χ0) is 19.4. The maximum atomic E-state index is 12.3. The second kappa shape index (κ2) is 7.90. The molecule has 1 atom stereocenters. The van der Waals surface area contributed by atoms with Gasteiger partial charge in [0.2, 0.25) is 11.8 Å². The molecule has 0 aromatic heterocycles. The van der Waals surface area contributed by atoms with Gasteiger partial charge in [0, 0.05) is 24.2 Å². The van der Waals surface area contributed by atoms with Gasteiger partial charge in [-0.05, 0) is 31.2 Å². The molecule has 0 bridgehead atoms. The largest absolute Gasteiger partial charge is 0.504 e. The van der Waals surface area contributed by atoms with E-state index in [0.717, 1.165) is 11.3 Å². The van der Waals surface area contributed by atoms with Gasteiger partial charge in [0.15, 0.2) is 11.5 Å². The molecule has 0 radical (unpaired) electrons. The van der Waals surface area contributed by atoms with Crippen LogP contribution in [0.4, 0.5) is 5.69 Å². The summed E-state index contributed by atoms with van der Waals surface area (Å²) in [6.07, 6.45) is 1.48. The number of aromatic hydroxyl groups is 1. The van der Waals surface area contributed by atoms with Crippen LogP contribution >= 0.6 is 0 Å². The van der Waals surface area contributed by atoms with Gasteiger partial charge < -0.3 is 14.7 Å². The van der Waals surface area contributed by atoms with Crippen molar-refractivity contribution in [3.63, 3.8) is 0 Å². The van der Waals surface area contributed by atoms with Crippen LogP contribution < -0.4 is 15.1 Å². The van der Waals surface area contributed by atoms with Crippen molar-refractivity contribution in [2.75, 3.05) is 18.6 Å².